The molecular formula is C15H6F4N4. The predicted molar refractivity (Wildman–Crippen MR) is 74.5 cm³/mol. The maximum atomic E-state index is 14.1. The fraction of sp³-hybridized carbons (Fsp3) is 0. The standard InChI is InChI=1S/C15H6F4N4/c16-9-8-13(12(19)11(18)10(9)17)20-5-21-14(8)15-22-6-3-1-2-4-7(6)23-15/h1-5H,(H,22,23). The number of H-pyrrole nitrogens is 1. The molecule has 0 unspecified atom stereocenters. The predicted octanol–water partition coefficient (Wildman–Crippen LogP) is 3.73. The molecule has 2 heterocycles. The van der Waals surface area contributed by atoms with Crippen molar-refractivity contribution >= 4 is 21.9 Å². The molecule has 4 rings (SSSR count). The summed E-state index contributed by atoms with van der Waals surface area (Å²) in [6.45, 7) is 0. The SMILES string of the molecule is Fc1c(F)c(F)c2c(-c3nc4ccccc4[nH]3)ncnc2c1F. The second-order valence-electron chi connectivity index (χ2n) is 4.80. The lowest BCUT2D eigenvalue weighted by Gasteiger charge is -2.06. The molecule has 0 atom stereocenters. The molecule has 0 saturated heterocycles. The molecule has 0 spiro atoms. The van der Waals surface area contributed by atoms with Crippen LogP contribution in [0.1, 0.15) is 0 Å². The number of aromatic amines is 1. The van der Waals surface area contributed by atoms with E-state index in [0.717, 1.165) is 6.33 Å². The number of halogens is 4. The van der Waals surface area contributed by atoms with Crippen molar-refractivity contribution in [1.82, 2.24) is 19.9 Å². The van der Waals surface area contributed by atoms with Gasteiger partial charge in [-0.2, -0.15) is 0 Å². The molecule has 4 aromatic rings. The van der Waals surface area contributed by atoms with Crippen LogP contribution < -0.4 is 0 Å². The van der Waals surface area contributed by atoms with Gasteiger partial charge in [-0.3, -0.25) is 0 Å². The smallest absolute Gasteiger partial charge is 0.199 e. The number of nitrogens with one attached hydrogen (secondary N) is 1. The Labute approximate surface area is 125 Å². The van der Waals surface area contributed by atoms with Crippen molar-refractivity contribution in [1.29, 1.82) is 0 Å². The van der Waals surface area contributed by atoms with Gasteiger partial charge in [0.1, 0.15) is 17.5 Å². The minimum Gasteiger partial charge on any atom is -0.337 e. The van der Waals surface area contributed by atoms with Crippen LogP contribution >= 0.6 is 0 Å². The molecule has 0 radical (unpaired) electrons. The molecule has 0 aliphatic carbocycles. The van der Waals surface area contributed by atoms with Crippen LogP contribution in [-0.4, -0.2) is 19.9 Å². The van der Waals surface area contributed by atoms with Crippen LogP contribution in [0.25, 0.3) is 33.5 Å². The van der Waals surface area contributed by atoms with E-state index < -0.39 is 34.2 Å². The third kappa shape index (κ3) is 1.88. The number of aromatic nitrogens is 4. The number of rotatable bonds is 1. The van der Waals surface area contributed by atoms with E-state index in [1.54, 1.807) is 24.3 Å². The lowest BCUT2D eigenvalue weighted by Crippen LogP contribution is -2.02. The van der Waals surface area contributed by atoms with Crippen molar-refractivity contribution in [3.05, 3.63) is 53.9 Å². The van der Waals surface area contributed by atoms with Crippen LogP contribution in [0.3, 0.4) is 0 Å². The third-order valence-electron chi connectivity index (χ3n) is 3.47. The first kappa shape index (κ1) is 13.6. The molecule has 2 aromatic heterocycles. The first-order chi connectivity index (χ1) is 11.1. The average Bonchev–Trinajstić information content (AvgIpc) is 3.01. The highest BCUT2D eigenvalue weighted by molar-refractivity contribution is 5.93. The van der Waals surface area contributed by atoms with Crippen LogP contribution in [0, 0.1) is 23.3 Å². The molecule has 0 aliphatic rings. The van der Waals surface area contributed by atoms with Crippen LogP contribution in [0.5, 0.6) is 0 Å². The van der Waals surface area contributed by atoms with E-state index in [2.05, 4.69) is 19.9 Å². The quantitative estimate of drug-likeness (QED) is 0.330. The minimum atomic E-state index is -1.91. The van der Waals surface area contributed by atoms with Crippen molar-refractivity contribution in [2.45, 2.75) is 0 Å². The van der Waals surface area contributed by atoms with Crippen LogP contribution in [0.2, 0.25) is 0 Å². The molecule has 8 heteroatoms. The average molecular weight is 318 g/mol. The number of benzene rings is 2. The van der Waals surface area contributed by atoms with Gasteiger partial charge in [0.05, 0.1) is 16.4 Å². The molecule has 0 bridgehead atoms. The fourth-order valence-electron chi connectivity index (χ4n) is 2.41. The van der Waals surface area contributed by atoms with Crippen molar-refractivity contribution in [3.63, 3.8) is 0 Å². The van der Waals surface area contributed by atoms with E-state index in [-0.39, 0.29) is 11.5 Å². The van der Waals surface area contributed by atoms with Crippen LogP contribution in [0.15, 0.2) is 30.6 Å². The molecule has 23 heavy (non-hydrogen) atoms. The highest BCUT2D eigenvalue weighted by Crippen LogP contribution is 2.31. The van der Waals surface area contributed by atoms with E-state index in [1.807, 2.05) is 0 Å². The molecule has 114 valence electrons. The Morgan fingerprint density at radius 3 is 2.35 bits per heavy atom. The molecular weight excluding hydrogens is 312 g/mol. The first-order valence-corrected chi connectivity index (χ1v) is 6.49. The first-order valence-electron chi connectivity index (χ1n) is 6.49. The highest BCUT2D eigenvalue weighted by atomic mass is 19.2. The Morgan fingerprint density at radius 2 is 1.57 bits per heavy atom. The Bertz CT molecular complexity index is 1040. The monoisotopic (exact) mass is 318 g/mol. The van der Waals surface area contributed by atoms with Gasteiger partial charge in [-0.1, -0.05) is 12.1 Å². The molecule has 0 aliphatic heterocycles. The van der Waals surface area contributed by atoms with E-state index >= 15 is 0 Å². The van der Waals surface area contributed by atoms with Gasteiger partial charge in [0.2, 0.25) is 0 Å². The Hall–Kier alpha value is -3.03. The number of para-hydroxylation sites is 2. The molecule has 2 aromatic carbocycles. The number of hydrogen-bond donors (Lipinski definition) is 1. The van der Waals surface area contributed by atoms with Gasteiger partial charge in [0.15, 0.2) is 29.1 Å². The summed E-state index contributed by atoms with van der Waals surface area (Å²) in [6, 6.07) is 6.94. The summed E-state index contributed by atoms with van der Waals surface area (Å²) in [5.74, 6) is -6.86. The lowest BCUT2D eigenvalue weighted by molar-refractivity contribution is 0.417. The maximum absolute atomic E-state index is 14.1. The summed E-state index contributed by atoms with van der Waals surface area (Å²) in [6.07, 6.45) is 0.935. The normalized spacial score (nSPS) is 11.5. The second-order valence-corrected chi connectivity index (χ2v) is 4.80. The second kappa shape index (κ2) is 4.73. The Balaban J connectivity index is 2.11. The number of nitrogens with zero attached hydrogens (tertiary/aromatic N) is 3. The van der Waals surface area contributed by atoms with Gasteiger partial charge in [-0.15, -0.1) is 0 Å². The Morgan fingerprint density at radius 1 is 0.826 bits per heavy atom. The van der Waals surface area contributed by atoms with Gasteiger partial charge in [-0.25, -0.2) is 32.5 Å². The summed E-state index contributed by atoms with van der Waals surface area (Å²) in [4.78, 5) is 14.4. The Kier molecular flexibility index (Phi) is 2.80. The van der Waals surface area contributed by atoms with E-state index in [9.17, 15) is 17.6 Å². The topological polar surface area (TPSA) is 54.5 Å². The van der Waals surface area contributed by atoms with Gasteiger partial charge in [-0.05, 0) is 12.1 Å². The fourth-order valence-corrected chi connectivity index (χ4v) is 2.41. The summed E-state index contributed by atoms with van der Waals surface area (Å²) in [5.41, 5.74) is 0.406. The summed E-state index contributed by atoms with van der Waals surface area (Å²) < 4.78 is 54.9. The molecule has 0 fully saturated rings. The zero-order valence-electron chi connectivity index (χ0n) is 11.2. The van der Waals surface area contributed by atoms with Crippen LogP contribution in [0.4, 0.5) is 17.6 Å². The van der Waals surface area contributed by atoms with Gasteiger partial charge >= 0.3 is 0 Å². The molecule has 0 saturated carbocycles. The van der Waals surface area contributed by atoms with E-state index in [4.69, 9.17) is 0 Å². The maximum Gasteiger partial charge on any atom is 0.199 e. The minimum absolute atomic E-state index is 0.0999. The molecule has 1 N–H and O–H groups in total. The molecule has 4 nitrogen and oxygen atoms in total. The number of imidazole rings is 1. The van der Waals surface area contributed by atoms with Gasteiger partial charge in [0.25, 0.3) is 0 Å². The zero-order chi connectivity index (χ0) is 16.1. The van der Waals surface area contributed by atoms with Gasteiger partial charge in [0, 0.05) is 0 Å². The summed E-state index contributed by atoms with van der Waals surface area (Å²) in [7, 11) is 0. The third-order valence-corrected chi connectivity index (χ3v) is 3.47. The van der Waals surface area contributed by atoms with Crippen LogP contribution in [-0.2, 0) is 0 Å². The van der Waals surface area contributed by atoms with Crippen molar-refractivity contribution in [2.75, 3.05) is 0 Å². The number of hydrogen-bond acceptors (Lipinski definition) is 3. The van der Waals surface area contributed by atoms with E-state index in [1.165, 1.54) is 0 Å². The van der Waals surface area contributed by atoms with Crippen molar-refractivity contribution in [2.24, 2.45) is 0 Å². The van der Waals surface area contributed by atoms with Gasteiger partial charge < -0.3 is 4.98 Å². The highest BCUT2D eigenvalue weighted by Gasteiger charge is 2.25. The largest absolute Gasteiger partial charge is 0.337 e. The van der Waals surface area contributed by atoms with E-state index in [0.29, 0.717) is 11.0 Å². The summed E-state index contributed by atoms with van der Waals surface area (Å²) in [5, 5.41) is -0.567. The lowest BCUT2D eigenvalue weighted by atomic mass is 10.1. The number of fused-ring (bicyclic) bond motifs is 2. The summed E-state index contributed by atoms with van der Waals surface area (Å²) >= 11 is 0. The van der Waals surface area contributed by atoms with Crippen molar-refractivity contribution in [3.8, 4) is 11.5 Å². The molecule has 0 amide bonds. The van der Waals surface area contributed by atoms with Crippen molar-refractivity contribution < 1.29 is 17.6 Å². The zero-order valence-corrected chi connectivity index (χ0v) is 11.2.